The molecule has 0 fully saturated rings. The lowest BCUT2D eigenvalue weighted by molar-refractivity contribution is -0.149. The fourth-order valence-corrected chi connectivity index (χ4v) is 1.06. The maximum absolute atomic E-state index is 13.4. The number of benzene rings is 1. The number of rotatable bonds is 5. The number of carboxylic acids is 1. The number of hydrogen-bond acceptors (Lipinski definition) is 3. The summed E-state index contributed by atoms with van der Waals surface area (Å²) >= 11 is 0. The molecule has 1 atom stereocenters. The van der Waals surface area contributed by atoms with Crippen LogP contribution in [0.15, 0.2) is 18.2 Å². The first-order valence-corrected chi connectivity index (χ1v) is 4.71. The van der Waals surface area contributed by atoms with Crippen LogP contribution >= 0.6 is 0 Å². The average Bonchev–Trinajstić information content (AvgIpc) is 2.26. The fraction of sp³-hybridized carbons (Fsp3) is 0.364. The van der Waals surface area contributed by atoms with Gasteiger partial charge in [0.05, 0.1) is 13.7 Å². The molecule has 0 unspecified atom stereocenters. The van der Waals surface area contributed by atoms with Gasteiger partial charge in [0.2, 0.25) is 0 Å². The van der Waals surface area contributed by atoms with Gasteiger partial charge < -0.3 is 14.6 Å². The molecule has 0 saturated heterocycles. The van der Waals surface area contributed by atoms with Gasteiger partial charge >= 0.3 is 5.97 Å². The predicted molar refractivity (Wildman–Crippen MR) is 54.8 cm³/mol. The summed E-state index contributed by atoms with van der Waals surface area (Å²) in [5.41, 5.74) is 0.300. The highest BCUT2D eigenvalue weighted by atomic mass is 19.1. The molecule has 0 aliphatic heterocycles. The molecule has 0 heterocycles. The molecule has 0 aliphatic rings. The van der Waals surface area contributed by atoms with Crippen LogP contribution in [0.4, 0.5) is 4.39 Å². The van der Waals surface area contributed by atoms with E-state index < -0.39 is 17.9 Å². The minimum absolute atomic E-state index is 0.0801. The molecular formula is C11H13FO4. The highest BCUT2D eigenvalue weighted by Gasteiger charge is 2.12. The van der Waals surface area contributed by atoms with Crippen LogP contribution in [0.5, 0.6) is 5.75 Å². The van der Waals surface area contributed by atoms with E-state index in [9.17, 15) is 9.18 Å². The highest BCUT2D eigenvalue weighted by molar-refractivity contribution is 5.71. The molecule has 1 aromatic carbocycles. The zero-order chi connectivity index (χ0) is 12.1. The molecule has 0 spiro atoms. The Labute approximate surface area is 92.6 Å². The fourth-order valence-electron chi connectivity index (χ4n) is 1.06. The monoisotopic (exact) mass is 228 g/mol. The van der Waals surface area contributed by atoms with Crippen LogP contribution in [-0.2, 0) is 16.1 Å². The van der Waals surface area contributed by atoms with Crippen molar-refractivity contribution in [3.8, 4) is 5.75 Å². The second-order valence-electron chi connectivity index (χ2n) is 3.25. The molecule has 1 rings (SSSR count). The normalized spacial score (nSPS) is 12.2. The van der Waals surface area contributed by atoms with Crippen LogP contribution in [0.1, 0.15) is 12.5 Å². The van der Waals surface area contributed by atoms with E-state index in [-0.39, 0.29) is 6.61 Å². The predicted octanol–water partition coefficient (Wildman–Crippen LogP) is 1.82. The van der Waals surface area contributed by atoms with Gasteiger partial charge in [-0.25, -0.2) is 9.18 Å². The summed E-state index contributed by atoms with van der Waals surface area (Å²) in [6.07, 6.45) is -0.957. The van der Waals surface area contributed by atoms with Crippen LogP contribution in [0.2, 0.25) is 0 Å². The summed E-state index contributed by atoms with van der Waals surface area (Å²) < 4.78 is 23.2. The first-order chi connectivity index (χ1) is 7.54. The van der Waals surface area contributed by atoms with E-state index in [1.54, 1.807) is 6.07 Å². The van der Waals surface area contributed by atoms with Crippen LogP contribution in [-0.4, -0.2) is 24.3 Å². The Bertz CT molecular complexity index is 378. The summed E-state index contributed by atoms with van der Waals surface area (Å²) in [7, 11) is 1.44. The van der Waals surface area contributed by atoms with Crippen LogP contribution < -0.4 is 4.74 Å². The van der Waals surface area contributed by atoms with Gasteiger partial charge in [0, 0.05) is 11.6 Å². The summed E-state index contributed by atoms with van der Waals surface area (Å²) in [5.74, 6) is -1.14. The third kappa shape index (κ3) is 3.20. The molecule has 0 aromatic heterocycles. The lowest BCUT2D eigenvalue weighted by Crippen LogP contribution is -2.19. The van der Waals surface area contributed by atoms with Gasteiger partial charge in [0.15, 0.2) is 6.10 Å². The lowest BCUT2D eigenvalue weighted by atomic mass is 10.2. The second kappa shape index (κ2) is 5.46. The zero-order valence-corrected chi connectivity index (χ0v) is 9.07. The number of halogens is 1. The number of carboxylic acid groups (broad SMARTS) is 1. The molecule has 1 N–H and O–H groups in total. The Morgan fingerprint density at radius 2 is 2.25 bits per heavy atom. The van der Waals surface area contributed by atoms with Crippen LogP contribution in [0, 0.1) is 5.82 Å². The Kier molecular flexibility index (Phi) is 4.25. The highest BCUT2D eigenvalue weighted by Crippen LogP contribution is 2.17. The van der Waals surface area contributed by atoms with Crippen molar-refractivity contribution in [2.75, 3.05) is 7.11 Å². The van der Waals surface area contributed by atoms with Gasteiger partial charge in [-0.15, -0.1) is 0 Å². The maximum atomic E-state index is 13.4. The van der Waals surface area contributed by atoms with Gasteiger partial charge in [-0.1, -0.05) is 6.07 Å². The number of aliphatic carboxylic acids is 1. The molecule has 5 heteroatoms. The van der Waals surface area contributed by atoms with Crippen molar-refractivity contribution >= 4 is 5.97 Å². The van der Waals surface area contributed by atoms with Crippen molar-refractivity contribution in [3.05, 3.63) is 29.6 Å². The van der Waals surface area contributed by atoms with Crippen molar-refractivity contribution in [2.24, 2.45) is 0 Å². The largest absolute Gasteiger partial charge is 0.497 e. The third-order valence-electron chi connectivity index (χ3n) is 2.10. The van der Waals surface area contributed by atoms with Gasteiger partial charge in [-0.3, -0.25) is 0 Å². The van der Waals surface area contributed by atoms with E-state index in [0.29, 0.717) is 11.3 Å². The van der Waals surface area contributed by atoms with Gasteiger partial charge in [-0.2, -0.15) is 0 Å². The lowest BCUT2D eigenvalue weighted by Gasteiger charge is -2.09. The SMILES string of the molecule is COc1ccc(CO[C@H](C)C(=O)O)c(F)c1. The quantitative estimate of drug-likeness (QED) is 0.835. The Morgan fingerprint density at radius 3 is 2.75 bits per heavy atom. The van der Waals surface area contributed by atoms with Crippen molar-refractivity contribution in [1.82, 2.24) is 0 Å². The van der Waals surface area contributed by atoms with E-state index in [0.717, 1.165) is 0 Å². The summed E-state index contributed by atoms with van der Waals surface area (Å²) in [6, 6.07) is 4.32. The molecule has 16 heavy (non-hydrogen) atoms. The number of carbonyl (C=O) groups is 1. The molecule has 0 aliphatic carbocycles. The summed E-state index contributed by atoms with van der Waals surface area (Å²) in [6.45, 7) is 1.31. The topological polar surface area (TPSA) is 55.8 Å². The summed E-state index contributed by atoms with van der Waals surface area (Å²) in [4.78, 5) is 10.5. The van der Waals surface area contributed by atoms with E-state index in [1.807, 2.05) is 0 Å². The van der Waals surface area contributed by atoms with E-state index >= 15 is 0 Å². The Morgan fingerprint density at radius 1 is 1.56 bits per heavy atom. The third-order valence-corrected chi connectivity index (χ3v) is 2.10. The van der Waals surface area contributed by atoms with Crippen LogP contribution in [0.25, 0.3) is 0 Å². The van der Waals surface area contributed by atoms with E-state index in [1.165, 1.54) is 26.2 Å². The first kappa shape index (κ1) is 12.4. The minimum atomic E-state index is -1.08. The van der Waals surface area contributed by atoms with Gasteiger partial charge in [-0.05, 0) is 13.0 Å². The van der Waals surface area contributed by atoms with Crippen molar-refractivity contribution in [1.29, 1.82) is 0 Å². The Balaban J connectivity index is 2.64. The molecule has 1 aromatic rings. The molecule has 4 nitrogen and oxygen atoms in total. The zero-order valence-electron chi connectivity index (χ0n) is 9.07. The molecule has 88 valence electrons. The molecule has 0 saturated carbocycles. The van der Waals surface area contributed by atoms with Crippen molar-refractivity contribution in [2.45, 2.75) is 19.6 Å². The molecule has 0 bridgehead atoms. The molecular weight excluding hydrogens is 215 g/mol. The smallest absolute Gasteiger partial charge is 0.332 e. The second-order valence-corrected chi connectivity index (χ2v) is 3.25. The first-order valence-electron chi connectivity index (χ1n) is 4.71. The number of hydrogen-bond donors (Lipinski definition) is 1. The van der Waals surface area contributed by atoms with Gasteiger partial charge in [0.25, 0.3) is 0 Å². The minimum Gasteiger partial charge on any atom is -0.497 e. The molecule has 0 radical (unpaired) electrons. The van der Waals surface area contributed by atoms with Gasteiger partial charge in [0.1, 0.15) is 11.6 Å². The number of ether oxygens (including phenoxy) is 2. The van der Waals surface area contributed by atoms with Crippen molar-refractivity contribution in [3.63, 3.8) is 0 Å². The maximum Gasteiger partial charge on any atom is 0.332 e. The summed E-state index contributed by atoms with van der Waals surface area (Å²) in [5, 5.41) is 8.57. The average molecular weight is 228 g/mol. The van der Waals surface area contributed by atoms with E-state index in [2.05, 4.69) is 0 Å². The standard InChI is InChI=1S/C11H13FO4/c1-7(11(13)14)16-6-8-3-4-9(15-2)5-10(8)12/h3-5,7H,6H2,1-2H3,(H,13,14)/t7-/m1/s1. The van der Waals surface area contributed by atoms with E-state index in [4.69, 9.17) is 14.6 Å². The van der Waals surface area contributed by atoms with Crippen LogP contribution in [0.3, 0.4) is 0 Å². The molecule has 0 amide bonds. The van der Waals surface area contributed by atoms with Crippen molar-refractivity contribution < 1.29 is 23.8 Å². The Hall–Kier alpha value is -1.62. The number of methoxy groups -OCH3 is 1.